The largest absolute Gasteiger partial charge is 0.305 e. The molecule has 0 N–H and O–H groups in total. The summed E-state index contributed by atoms with van der Waals surface area (Å²) >= 11 is 5.90. The normalized spacial score (nSPS) is 11.9. The zero-order valence-electron chi connectivity index (χ0n) is 11.5. The van der Waals surface area contributed by atoms with Crippen molar-refractivity contribution in [1.29, 1.82) is 0 Å². The fourth-order valence-corrected chi connectivity index (χ4v) is 2.33. The fraction of sp³-hybridized carbons (Fsp3) is 0.429. The van der Waals surface area contributed by atoms with Crippen LogP contribution in [0.15, 0.2) is 18.2 Å². The van der Waals surface area contributed by atoms with Crippen LogP contribution in [0.2, 0.25) is 0 Å². The molecule has 2 rings (SSSR count). The van der Waals surface area contributed by atoms with Crippen molar-refractivity contribution in [3.8, 4) is 11.4 Å². The van der Waals surface area contributed by atoms with E-state index in [9.17, 15) is 4.39 Å². The van der Waals surface area contributed by atoms with Gasteiger partial charge in [0.2, 0.25) is 0 Å². The molecule has 0 unspecified atom stereocenters. The second-order valence-electron chi connectivity index (χ2n) is 5.60. The molecule has 5 heteroatoms. The minimum Gasteiger partial charge on any atom is -0.305 e. The summed E-state index contributed by atoms with van der Waals surface area (Å²) in [5, 5.41) is 8.26. The zero-order chi connectivity index (χ0) is 14.2. The predicted molar refractivity (Wildman–Crippen MR) is 74.7 cm³/mol. The van der Waals surface area contributed by atoms with Gasteiger partial charge in [-0.1, -0.05) is 0 Å². The molecule has 19 heavy (non-hydrogen) atoms. The molecule has 0 bridgehead atoms. The van der Waals surface area contributed by atoms with Gasteiger partial charge in [0.1, 0.15) is 11.6 Å². The van der Waals surface area contributed by atoms with E-state index in [2.05, 4.69) is 10.2 Å². The van der Waals surface area contributed by atoms with Gasteiger partial charge in [0.15, 0.2) is 5.82 Å². The van der Waals surface area contributed by atoms with E-state index in [0.717, 1.165) is 11.1 Å². The van der Waals surface area contributed by atoms with Crippen LogP contribution < -0.4 is 0 Å². The first-order valence-electron chi connectivity index (χ1n) is 6.11. The summed E-state index contributed by atoms with van der Waals surface area (Å²) in [5.41, 5.74) is 1.35. The first-order valence-corrected chi connectivity index (χ1v) is 6.64. The molecule has 0 aliphatic heterocycles. The molecule has 0 saturated carbocycles. The molecule has 1 aromatic carbocycles. The first kappa shape index (κ1) is 14.0. The third-order valence-corrected chi connectivity index (χ3v) is 3.06. The average Bonchev–Trinajstić information content (AvgIpc) is 2.70. The monoisotopic (exact) mass is 281 g/mol. The number of benzene rings is 1. The van der Waals surface area contributed by atoms with Gasteiger partial charge in [0.05, 0.1) is 5.88 Å². The van der Waals surface area contributed by atoms with Gasteiger partial charge in [-0.3, -0.25) is 0 Å². The average molecular weight is 282 g/mol. The van der Waals surface area contributed by atoms with Crippen LogP contribution in [0, 0.1) is 12.7 Å². The third-order valence-electron chi connectivity index (χ3n) is 2.82. The number of rotatable bonds is 2. The van der Waals surface area contributed by atoms with Crippen molar-refractivity contribution < 1.29 is 4.39 Å². The van der Waals surface area contributed by atoms with E-state index >= 15 is 0 Å². The predicted octanol–water partition coefficient (Wildman–Crippen LogP) is 3.89. The van der Waals surface area contributed by atoms with Gasteiger partial charge in [-0.05, 0) is 51.5 Å². The number of halogens is 2. The smallest absolute Gasteiger partial charge is 0.164 e. The number of hydrogen-bond acceptors (Lipinski definition) is 2. The molecule has 1 heterocycles. The highest BCUT2D eigenvalue weighted by Gasteiger charge is 2.23. The Balaban J connectivity index is 2.66. The Labute approximate surface area is 117 Å². The van der Waals surface area contributed by atoms with E-state index in [4.69, 9.17) is 11.6 Å². The second kappa shape index (κ2) is 4.93. The van der Waals surface area contributed by atoms with Crippen molar-refractivity contribution in [3.63, 3.8) is 0 Å². The van der Waals surface area contributed by atoms with Crippen molar-refractivity contribution in [1.82, 2.24) is 14.8 Å². The lowest BCUT2D eigenvalue weighted by molar-refractivity contribution is 0.390. The Hall–Kier alpha value is -1.42. The molecule has 0 fully saturated rings. The molecule has 2 aromatic rings. The highest BCUT2D eigenvalue weighted by Crippen LogP contribution is 2.27. The van der Waals surface area contributed by atoms with Crippen LogP contribution in [-0.4, -0.2) is 14.8 Å². The maximum absolute atomic E-state index is 13.5. The van der Waals surface area contributed by atoms with E-state index in [-0.39, 0.29) is 17.2 Å². The van der Waals surface area contributed by atoms with Gasteiger partial charge >= 0.3 is 0 Å². The minimum atomic E-state index is -0.272. The quantitative estimate of drug-likeness (QED) is 0.782. The van der Waals surface area contributed by atoms with Crippen molar-refractivity contribution in [2.45, 2.75) is 39.1 Å². The SMILES string of the molecule is Cc1cc(F)cc(-c2nnc(CCl)n2C(C)(C)C)c1. The maximum atomic E-state index is 13.5. The third kappa shape index (κ3) is 2.78. The van der Waals surface area contributed by atoms with Crippen molar-refractivity contribution in [3.05, 3.63) is 35.4 Å². The van der Waals surface area contributed by atoms with Crippen molar-refractivity contribution in [2.24, 2.45) is 0 Å². The number of nitrogens with zero attached hydrogens (tertiary/aromatic N) is 3. The van der Waals surface area contributed by atoms with E-state index in [1.807, 2.05) is 38.3 Å². The zero-order valence-corrected chi connectivity index (χ0v) is 12.3. The first-order chi connectivity index (χ1) is 8.82. The summed E-state index contributed by atoms with van der Waals surface area (Å²) in [7, 11) is 0. The molecule has 0 aliphatic carbocycles. The van der Waals surface area contributed by atoms with Crippen LogP contribution in [0.1, 0.15) is 32.2 Å². The van der Waals surface area contributed by atoms with Crippen LogP contribution in [-0.2, 0) is 11.4 Å². The summed E-state index contributed by atoms with van der Waals surface area (Å²) in [6.45, 7) is 7.99. The van der Waals surface area contributed by atoms with Crippen LogP contribution in [0.5, 0.6) is 0 Å². The van der Waals surface area contributed by atoms with E-state index < -0.39 is 0 Å². The molecule has 0 spiro atoms. The lowest BCUT2D eigenvalue weighted by Crippen LogP contribution is -2.24. The highest BCUT2D eigenvalue weighted by atomic mass is 35.5. The molecular weight excluding hydrogens is 265 g/mol. The number of hydrogen-bond donors (Lipinski definition) is 0. The molecule has 0 radical (unpaired) electrons. The van der Waals surface area contributed by atoms with Crippen molar-refractivity contribution >= 4 is 11.6 Å². The molecule has 0 amide bonds. The van der Waals surface area contributed by atoms with Gasteiger partial charge in [-0.15, -0.1) is 21.8 Å². The van der Waals surface area contributed by atoms with Gasteiger partial charge in [-0.2, -0.15) is 0 Å². The lowest BCUT2D eigenvalue weighted by Gasteiger charge is -2.24. The van der Waals surface area contributed by atoms with Gasteiger partial charge in [-0.25, -0.2) is 4.39 Å². The molecule has 1 aromatic heterocycles. The topological polar surface area (TPSA) is 30.7 Å². The number of aromatic nitrogens is 3. The van der Waals surface area contributed by atoms with Gasteiger partial charge < -0.3 is 4.57 Å². The Bertz CT molecular complexity index is 579. The van der Waals surface area contributed by atoms with Gasteiger partial charge in [0, 0.05) is 11.1 Å². The molecule has 0 atom stereocenters. The standard InChI is InChI=1S/C14H17ClFN3/c1-9-5-10(7-11(16)6-9)13-18-17-12(8-15)19(13)14(2,3)4/h5-7H,8H2,1-4H3. The minimum absolute atomic E-state index is 0.219. The molecule has 0 aliphatic rings. The summed E-state index contributed by atoms with van der Waals surface area (Å²) in [4.78, 5) is 0. The molecule has 3 nitrogen and oxygen atoms in total. The van der Waals surface area contributed by atoms with Gasteiger partial charge in [0.25, 0.3) is 0 Å². The number of aryl methyl sites for hydroxylation is 1. The van der Waals surface area contributed by atoms with E-state index in [1.54, 1.807) is 0 Å². The van der Waals surface area contributed by atoms with E-state index in [0.29, 0.717) is 11.6 Å². The van der Waals surface area contributed by atoms with Crippen LogP contribution >= 0.6 is 11.6 Å². The van der Waals surface area contributed by atoms with E-state index in [1.165, 1.54) is 12.1 Å². The van der Waals surface area contributed by atoms with Crippen LogP contribution in [0.25, 0.3) is 11.4 Å². The lowest BCUT2D eigenvalue weighted by atomic mass is 10.1. The summed E-state index contributed by atoms with van der Waals surface area (Å²) in [5.74, 6) is 1.33. The summed E-state index contributed by atoms with van der Waals surface area (Å²) in [6.07, 6.45) is 0. The molecular formula is C14H17ClFN3. The van der Waals surface area contributed by atoms with Crippen molar-refractivity contribution in [2.75, 3.05) is 0 Å². The number of alkyl halides is 1. The second-order valence-corrected chi connectivity index (χ2v) is 5.86. The fourth-order valence-electron chi connectivity index (χ4n) is 2.16. The highest BCUT2D eigenvalue weighted by molar-refractivity contribution is 6.16. The summed E-state index contributed by atoms with van der Waals surface area (Å²) in [6, 6.07) is 4.86. The molecule has 102 valence electrons. The Morgan fingerprint density at radius 1 is 1.21 bits per heavy atom. The Morgan fingerprint density at radius 3 is 2.42 bits per heavy atom. The van der Waals surface area contributed by atoms with Crippen LogP contribution in [0.3, 0.4) is 0 Å². The van der Waals surface area contributed by atoms with Crippen LogP contribution in [0.4, 0.5) is 4.39 Å². The Kier molecular flexibility index (Phi) is 3.63. The molecule has 0 saturated heterocycles. The summed E-state index contributed by atoms with van der Waals surface area (Å²) < 4.78 is 15.5. The Morgan fingerprint density at radius 2 is 1.89 bits per heavy atom. The maximum Gasteiger partial charge on any atom is 0.164 e.